The summed E-state index contributed by atoms with van der Waals surface area (Å²) in [5.41, 5.74) is 0. The molecule has 0 aromatic carbocycles. The number of amides is 1. The highest BCUT2D eigenvalue weighted by atomic mass is 16.2. The van der Waals surface area contributed by atoms with Crippen molar-refractivity contribution in [1.82, 2.24) is 10.2 Å². The van der Waals surface area contributed by atoms with Gasteiger partial charge in [0.1, 0.15) is 0 Å². The predicted octanol–water partition coefficient (Wildman–Crippen LogP) is 0.997. The summed E-state index contributed by atoms with van der Waals surface area (Å²) in [5, 5.41) is 3.36. The van der Waals surface area contributed by atoms with Gasteiger partial charge in [0.25, 0.3) is 0 Å². The van der Waals surface area contributed by atoms with Crippen LogP contribution < -0.4 is 5.32 Å². The van der Waals surface area contributed by atoms with Gasteiger partial charge in [0.05, 0.1) is 0 Å². The van der Waals surface area contributed by atoms with Gasteiger partial charge in [-0.05, 0) is 19.8 Å². The molecule has 0 aromatic rings. The Morgan fingerprint density at radius 1 is 1.36 bits per heavy atom. The number of nitrogens with zero attached hydrogens (tertiary/aromatic N) is 1. The Kier molecular flexibility index (Phi) is 3.06. The molecular formula is C11H20N2O. The lowest BCUT2D eigenvalue weighted by atomic mass is 10.1. The van der Waals surface area contributed by atoms with Crippen LogP contribution in [0.1, 0.15) is 32.6 Å². The summed E-state index contributed by atoms with van der Waals surface area (Å²) in [7, 11) is 0. The highest BCUT2D eigenvalue weighted by molar-refractivity contribution is 5.79. The molecule has 1 heterocycles. The minimum Gasteiger partial charge on any atom is -0.340 e. The quantitative estimate of drug-likeness (QED) is 0.678. The maximum atomic E-state index is 12.0. The summed E-state index contributed by atoms with van der Waals surface area (Å²) in [5.74, 6) is 0.760. The number of hydrogen-bond acceptors (Lipinski definition) is 2. The molecule has 1 N–H and O–H groups in total. The molecule has 0 spiro atoms. The van der Waals surface area contributed by atoms with Crippen molar-refractivity contribution < 1.29 is 4.79 Å². The molecular weight excluding hydrogens is 176 g/mol. The molecule has 3 heteroatoms. The van der Waals surface area contributed by atoms with Crippen LogP contribution in [0, 0.1) is 5.92 Å². The second-order valence-corrected chi connectivity index (χ2v) is 4.62. The molecule has 80 valence electrons. The third kappa shape index (κ3) is 2.08. The third-order valence-corrected chi connectivity index (χ3v) is 3.38. The van der Waals surface area contributed by atoms with Crippen molar-refractivity contribution in [3.8, 4) is 0 Å². The Morgan fingerprint density at radius 2 is 2.07 bits per heavy atom. The monoisotopic (exact) mass is 196 g/mol. The standard InChI is InChI=1S/C11H20N2O/c1-9-8-13(7-6-12-9)11(14)10-4-2-3-5-10/h9-10,12H,2-8H2,1H3. The molecule has 1 aliphatic heterocycles. The molecule has 1 saturated carbocycles. The van der Waals surface area contributed by atoms with Gasteiger partial charge in [-0.1, -0.05) is 12.8 Å². The van der Waals surface area contributed by atoms with Gasteiger partial charge in [0.2, 0.25) is 5.91 Å². The molecule has 2 rings (SSSR count). The van der Waals surface area contributed by atoms with E-state index in [4.69, 9.17) is 0 Å². The Morgan fingerprint density at radius 3 is 2.71 bits per heavy atom. The third-order valence-electron chi connectivity index (χ3n) is 3.38. The van der Waals surface area contributed by atoms with Gasteiger partial charge in [-0.2, -0.15) is 0 Å². The van der Waals surface area contributed by atoms with Gasteiger partial charge in [-0.25, -0.2) is 0 Å². The van der Waals surface area contributed by atoms with Crippen molar-refractivity contribution in [3.63, 3.8) is 0 Å². The normalized spacial score (nSPS) is 29.5. The van der Waals surface area contributed by atoms with Crippen molar-refractivity contribution in [2.45, 2.75) is 38.6 Å². The number of nitrogens with one attached hydrogen (secondary N) is 1. The summed E-state index contributed by atoms with van der Waals surface area (Å²) in [6.07, 6.45) is 4.74. The van der Waals surface area contributed by atoms with E-state index in [1.54, 1.807) is 0 Å². The zero-order valence-electron chi connectivity index (χ0n) is 8.96. The highest BCUT2D eigenvalue weighted by Gasteiger charge is 2.29. The smallest absolute Gasteiger partial charge is 0.225 e. The topological polar surface area (TPSA) is 32.3 Å². The van der Waals surface area contributed by atoms with Crippen LogP contribution in [0.15, 0.2) is 0 Å². The van der Waals surface area contributed by atoms with E-state index < -0.39 is 0 Å². The number of carbonyl (C=O) groups excluding carboxylic acids is 1. The lowest BCUT2D eigenvalue weighted by molar-refractivity contribution is -0.136. The molecule has 1 saturated heterocycles. The maximum absolute atomic E-state index is 12.0. The fourth-order valence-electron chi connectivity index (χ4n) is 2.56. The largest absolute Gasteiger partial charge is 0.340 e. The first-order valence-corrected chi connectivity index (χ1v) is 5.79. The molecule has 0 bridgehead atoms. The summed E-state index contributed by atoms with van der Waals surface area (Å²) in [4.78, 5) is 14.1. The maximum Gasteiger partial charge on any atom is 0.225 e. The zero-order valence-corrected chi connectivity index (χ0v) is 8.96. The molecule has 1 unspecified atom stereocenters. The van der Waals surface area contributed by atoms with E-state index >= 15 is 0 Å². The number of rotatable bonds is 1. The van der Waals surface area contributed by atoms with E-state index in [9.17, 15) is 4.79 Å². The summed E-state index contributed by atoms with van der Waals surface area (Å²) < 4.78 is 0. The number of carbonyl (C=O) groups is 1. The van der Waals surface area contributed by atoms with Crippen LogP contribution in [-0.2, 0) is 4.79 Å². The van der Waals surface area contributed by atoms with E-state index in [1.165, 1.54) is 12.8 Å². The first-order chi connectivity index (χ1) is 6.77. The fraction of sp³-hybridized carbons (Fsp3) is 0.909. The average molecular weight is 196 g/mol. The molecule has 0 aromatic heterocycles. The van der Waals surface area contributed by atoms with Gasteiger partial charge < -0.3 is 10.2 Å². The van der Waals surface area contributed by atoms with Crippen LogP contribution in [0.5, 0.6) is 0 Å². The minimum atomic E-state index is 0.347. The van der Waals surface area contributed by atoms with Crippen LogP contribution in [0.25, 0.3) is 0 Å². The molecule has 1 atom stereocenters. The summed E-state index contributed by atoms with van der Waals surface area (Å²) >= 11 is 0. The molecule has 1 aliphatic carbocycles. The number of piperazine rings is 1. The lowest BCUT2D eigenvalue weighted by Gasteiger charge is -2.33. The van der Waals surface area contributed by atoms with Crippen LogP contribution >= 0.6 is 0 Å². The molecule has 0 radical (unpaired) electrons. The second kappa shape index (κ2) is 4.30. The summed E-state index contributed by atoms with van der Waals surface area (Å²) in [6.45, 7) is 4.91. The molecule has 14 heavy (non-hydrogen) atoms. The lowest BCUT2D eigenvalue weighted by Crippen LogP contribution is -2.52. The van der Waals surface area contributed by atoms with Crippen molar-refractivity contribution in [3.05, 3.63) is 0 Å². The molecule has 1 amide bonds. The van der Waals surface area contributed by atoms with E-state index in [1.807, 2.05) is 0 Å². The summed E-state index contributed by atoms with van der Waals surface area (Å²) in [6, 6.07) is 0.467. The fourth-order valence-corrected chi connectivity index (χ4v) is 2.56. The van der Waals surface area contributed by atoms with E-state index in [2.05, 4.69) is 17.1 Å². The first kappa shape index (κ1) is 9.97. The van der Waals surface area contributed by atoms with Gasteiger partial charge >= 0.3 is 0 Å². The Balaban J connectivity index is 1.89. The van der Waals surface area contributed by atoms with Crippen LogP contribution in [0.4, 0.5) is 0 Å². The van der Waals surface area contributed by atoms with Crippen LogP contribution in [-0.4, -0.2) is 36.5 Å². The zero-order chi connectivity index (χ0) is 9.97. The SMILES string of the molecule is CC1CN(C(=O)C2CCCC2)CCN1. The molecule has 2 fully saturated rings. The van der Waals surface area contributed by atoms with Gasteiger partial charge in [0, 0.05) is 31.6 Å². The van der Waals surface area contributed by atoms with Crippen LogP contribution in [0.2, 0.25) is 0 Å². The van der Waals surface area contributed by atoms with E-state index in [0.717, 1.165) is 32.5 Å². The Hall–Kier alpha value is -0.570. The Labute approximate surface area is 85.8 Å². The first-order valence-electron chi connectivity index (χ1n) is 5.79. The average Bonchev–Trinajstić information content (AvgIpc) is 2.69. The van der Waals surface area contributed by atoms with E-state index in [-0.39, 0.29) is 0 Å². The predicted molar refractivity (Wildman–Crippen MR) is 56.0 cm³/mol. The van der Waals surface area contributed by atoms with Gasteiger partial charge in [0.15, 0.2) is 0 Å². The highest BCUT2D eigenvalue weighted by Crippen LogP contribution is 2.26. The number of hydrogen-bond donors (Lipinski definition) is 1. The minimum absolute atomic E-state index is 0.347. The van der Waals surface area contributed by atoms with Crippen molar-refractivity contribution >= 4 is 5.91 Å². The van der Waals surface area contributed by atoms with Crippen molar-refractivity contribution in [1.29, 1.82) is 0 Å². The van der Waals surface area contributed by atoms with E-state index in [0.29, 0.717) is 17.9 Å². The molecule has 2 aliphatic rings. The van der Waals surface area contributed by atoms with Gasteiger partial charge in [-0.15, -0.1) is 0 Å². The van der Waals surface area contributed by atoms with Crippen molar-refractivity contribution in [2.75, 3.05) is 19.6 Å². The molecule has 3 nitrogen and oxygen atoms in total. The van der Waals surface area contributed by atoms with Crippen LogP contribution in [0.3, 0.4) is 0 Å². The second-order valence-electron chi connectivity index (χ2n) is 4.62. The van der Waals surface area contributed by atoms with Crippen molar-refractivity contribution in [2.24, 2.45) is 5.92 Å². The van der Waals surface area contributed by atoms with Gasteiger partial charge in [-0.3, -0.25) is 4.79 Å². The Bertz CT molecular complexity index is 211.